The standard InChI is InChI=1S/C19H19F2NOS/c20-17-9-8-16(12-18(17)21)24-13-19(23)22-10-4-7-15(22)11-14-5-2-1-3-6-14/h1-3,5-6,8-9,12,15H,4,7,10-11,13H2. The monoisotopic (exact) mass is 347 g/mol. The van der Waals surface area contributed by atoms with Gasteiger partial charge in [0.25, 0.3) is 0 Å². The number of likely N-dealkylation sites (tertiary alicyclic amines) is 1. The van der Waals surface area contributed by atoms with E-state index < -0.39 is 11.6 Å². The van der Waals surface area contributed by atoms with Crippen molar-refractivity contribution < 1.29 is 13.6 Å². The second-order valence-corrected chi connectivity index (χ2v) is 6.99. The van der Waals surface area contributed by atoms with Crippen molar-refractivity contribution in [2.45, 2.75) is 30.2 Å². The van der Waals surface area contributed by atoms with E-state index in [1.807, 2.05) is 23.1 Å². The van der Waals surface area contributed by atoms with Gasteiger partial charge >= 0.3 is 0 Å². The zero-order valence-corrected chi connectivity index (χ0v) is 14.1. The lowest BCUT2D eigenvalue weighted by atomic mass is 10.0. The van der Waals surface area contributed by atoms with Crippen LogP contribution in [0.15, 0.2) is 53.4 Å². The third-order valence-corrected chi connectivity index (χ3v) is 5.24. The normalized spacial score (nSPS) is 17.2. The van der Waals surface area contributed by atoms with Gasteiger partial charge in [0.05, 0.1) is 5.75 Å². The molecule has 1 aliphatic heterocycles. The number of rotatable bonds is 5. The van der Waals surface area contributed by atoms with E-state index in [-0.39, 0.29) is 17.7 Å². The molecule has 2 nitrogen and oxygen atoms in total. The summed E-state index contributed by atoms with van der Waals surface area (Å²) >= 11 is 1.25. The number of thioether (sulfide) groups is 1. The van der Waals surface area contributed by atoms with Gasteiger partial charge in [-0.3, -0.25) is 4.79 Å². The van der Waals surface area contributed by atoms with Gasteiger partial charge in [-0.05, 0) is 43.0 Å². The Morgan fingerprint density at radius 2 is 1.92 bits per heavy atom. The second-order valence-electron chi connectivity index (χ2n) is 5.94. The van der Waals surface area contributed by atoms with Crippen LogP contribution in [0.5, 0.6) is 0 Å². The van der Waals surface area contributed by atoms with Crippen molar-refractivity contribution >= 4 is 17.7 Å². The van der Waals surface area contributed by atoms with E-state index in [2.05, 4.69) is 12.1 Å². The van der Waals surface area contributed by atoms with Crippen LogP contribution in [0.25, 0.3) is 0 Å². The first-order chi connectivity index (χ1) is 11.6. The topological polar surface area (TPSA) is 20.3 Å². The van der Waals surface area contributed by atoms with E-state index in [0.29, 0.717) is 4.90 Å². The van der Waals surface area contributed by atoms with Crippen molar-refractivity contribution in [1.82, 2.24) is 4.90 Å². The van der Waals surface area contributed by atoms with E-state index in [4.69, 9.17) is 0 Å². The summed E-state index contributed by atoms with van der Waals surface area (Å²) in [4.78, 5) is 15.0. The summed E-state index contributed by atoms with van der Waals surface area (Å²) in [6.07, 6.45) is 2.89. The first-order valence-corrected chi connectivity index (χ1v) is 9.03. The first-order valence-electron chi connectivity index (χ1n) is 8.05. The molecule has 2 aromatic carbocycles. The summed E-state index contributed by atoms with van der Waals surface area (Å²) in [5, 5.41) is 0. The van der Waals surface area contributed by atoms with Crippen LogP contribution in [0.4, 0.5) is 8.78 Å². The fourth-order valence-electron chi connectivity index (χ4n) is 3.06. The Labute approximate surface area is 144 Å². The fourth-order valence-corrected chi connectivity index (χ4v) is 3.86. The molecule has 5 heteroatoms. The minimum atomic E-state index is -0.879. The number of benzene rings is 2. The number of carbonyl (C=O) groups is 1. The predicted molar refractivity (Wildman–Crippen MR) is 92.0 cm³/mol. The van der Waals surface area contributed by atoms with Crippen molar-refractivity contribution in [3.63, 3.8) is 0 Å². The second kappa shape index (κ2) is 7.79. The molecule has 2 aromatic rings. The highest BCUT2D eigenvalue weighted by Crippen LogP contribution is 2.25. The van der Waals surface area contributed by atoms with Crippen LogP contribution >= 0.6 is 11.8 Å². The Morgan fingerprint density at radius 3 is 2.67 bits per heavy atom. The van der Waals surface area contributed by atoms with E-state index in [0.717, 1.165) is 37.9 Å². The van der Waals surface area contributed by atoms with Crippen molar-refractivity contribution in [1.29, 1.82) is 0 Å². The summed E-state index contributed by atoms with van der Waals surface area (Å²) < 4.78 is 26.2. The minimum absolute atomic E-state index is 0.0585. The maximum atomic E-state index is 13.2. The van der Waals surface area contributed by atoms with Gasteiger partial charge < -0.3 is 4.90 Å². The molecule has 24 heavy (non-hydrogen) atoms. The molecule has 3 rings (SSSR count). The summed E-state index contributed by atoms with van der Waals surface area (Å²) in [5.41, 5.74) is 1.23. The molecule has 1 amide bonds. The van der Waals surface area contributed by atoms with Gasteiger partial charge in [0, 0.05) is 17.5 Å². The molecule has 0 radical (unpaired) electrons. The first kappa shape index (κ1) is 17.0. The van der Waals surface area contributed by atoms with E-state index in [1.165, 1.54) is 23.4 Å². The number of nitrogens with zero attached hydrogens (tertiary/aromatic N) is 1. The number of amides is 1. The molecular weight excluding hydrogens is 328 g/mol. The van der Waals surface area contributed by atoms with E-state index in [9.17, 15) is 13.6 Å². The van der Waals surface area contributed by atoms with Gasteiger partial charge in [0.2, 0.25) is 5.91 Å². The highest BCUT2D eigenvalue weighted by atomic mass is 32.2. The van der Waals surface area contributed by atoms with Gasteiger partial charge in [-0.25, -0.2) is 8.78 Å². The number of hydrogen-bond donors (Lipinski definition) is 0. The van der Waals surface area contributed by atoms with Gasteiger partial charge in [-0.1, -0.05) is 30.3 Å². The molecular formula is C19H19F2NOS. The Bertz CT molecular complexity index is 708. The van der Waals surface area contributed by atoms with Gasteiger partial charge in [-0.2, -0.15) is 0 Å². The van der Waals surface area contributed by atoms with Crippen LogP contribution in [-0.4, -0.2) is 29.1 Å². The quantitative estimate of drug-likeness (QED) is 0.752. The van der Waals surface area contributed by atoms with Crippen LogP contribution in [0.3, 0.4) is 0 Å². The van der Waals surface area contributed by atoms with Crippen molar-refractivity contribution in [3.05, 3.63) is 65.7 Å². The van der Waals surface area contributed by atoms with Crippen LogP contribution in [0.2, 0.25) is 0 Å². The maximum Gasteiger partial charge on any atom is 0.233 e. The molecule has 0 saturated carbocycles. The number of carbonyl (C=O) groups excluding carboxylic acids is 1. The lowest BCUT2D eigenvalue weighted by Crippen LogP contribution is -2.37. The molecule has 0 N–H and O–H groups in total. The average molecular weight is 347 g/mol. The Morgan fingerprint density at radius 1 is 1.12 bits per heavy atom. The molecule has 0 spiro atoms. The van der Waals surface area contributed by atoms with Crippen LogP contribution < -0.4 is 0 Å². The molecule has 1 fully saturated rings. The number of hydrogen-bond acceptors (Lipinski definition) is 2. The van der Waals surface area contributed by atoms with Crippen LogP contribution in [0.1, 0.15) is 18.4 Å². The molecule has 0 aliphatic carbocycles. The largest absolute Gasteiger partial charge is 0.339 e. The van der Waals surface area contributed by atoms with Crippen molar-refractivity contribution in [3.8, 4) is 0 Å². The summed E-state index contributed by atoms with van der Waals surface area (Å²) in [5.74, 6) is -1.44. The Kier molecular flexibility index (Phi) is 5.51. The summed E-state index contributed by atoms with van der Waals surface area (Å²) in [6.45, 7) is 0.772. The van der Waals surface area contributed by atoms with Gasteiger partial charge in [0.1, 0.15) is 0 Å². The molecule has 0 bridgehead atoms. The van der Waals surface area contributed by atoms with Crippen molar-refractivity contribution in [2.75, 3.05) is 12.3 Å². The smallest absolute Gasteiger partial charge is 0.233 e. The molecule has 1 atom stereocenters. The minimum Gasteiger partial charge on any atom is -0.339 e. The maximum absolute atomic E-state index is 13.2. The zero-order valence-electron chi connectivity index (χ0n) is 13.3. The SMILES string of the molecule is O=C(CSc1ccc(F)c(F)c1)N1CCCC1Cc1ccccc1. The van der Waals surface area contributed by atoms with Gasteiger partial charge in [0.15, 0.2) is 11.6 Å². The number of halogens is 2. The lowest BCUT2D eigenvalue weighted by molar-refractivity contribution is -0.129. The highest BCUT2D eigenvalue weighted by Gasteiger charge is 2.28. The van der Waals surface area contributed by atoms with Gasteiger partial charge in [-0.15, -0.1) is 11.8 Å². The molecule has 126 valence electrons. The highest BCUT2D eigenvalue weighted by molar-refractivity contribution is 8.00. The summed E-state index contributed by atoms with van der Waals surface area (Å²) in [6, 6.07) is 14.1. The molecule has 1 saturated heterocycles. The summed E-state index contributed by atoms with van der Waals surface area (Å²) in [7, 11) is 0. The fraction of sp³-hybridized carbons (Fsp3) is 0.316. The molecule has 1 heterocycles. The average Bonchev–Trinajstić information content (AvgIpc) is 3.05. The third kappa shape index (κ3) is 4.15. The van der Waals surface area contributed by atoms with Crippen LogP contribution in [-0.2, 0) is 11.2 Å². The lowest BCUT2D eigenvalue weighted by Gasteiger charge is -2.25. The predicted octanol–water partition coefficient (Wildman–Crippen LogP) is 4.29. The third-order valence-electron chi connectivity index (χ3n) is 4.27. The molecule has 0 aromatic heterocycles. The van der Waals surface area contributed by atoms with Crippen molar-refractivity contribution in [2.24, 2.45) is 0 Å². The Balaban J connectivity index is 1.58. The zero-order chi connectivity index (χ0) is 16.9. The molecule has 1 aliphatic rings. The van der Waals surface area contributed by atoms with E-state index >= 15 is 0 Å². The van der Waals surface area contributed by atoms with Crippen LogP contribution in [0, 0.1) is 11.6 Å². The Hall–Kier alpha value is -1.88. The molecule has 1 unspecified atom stereocenters. The van der Waals surface area contributed by atoms with E-state index in [1.54, 1.807) is 0 Å².